The van der Waals surface area contributed by atoms with E-state index in [1.54, 1.807) is 28.9 Å². The summed E-state index contributed by atoms with van der Waals surface area (Å²) in [5, 5.41) is 7.09. The highest BCUT2D eigenvalue weighted by molar-refractivity contribution is 7.89. The van der Waals surface area contributed by atoms with E-state index in [9.17, 15) is 17.6 Å². The third-order valence-corrected chi connectivity index (χ3v) is 6.35. The number of carbonyl (C=O) groups is 1. The van der Waals surface area contributed by atoms with Crippen molar-refractivity contribution in [3.05, 3.63) is 71.8 Å². The lowest BCUT2D eigenvalue weighted by Gasteiger charge is -2.13. The van der Waals surface area contributed by atoms with E-state index in [2.05, 4.69) is 15.1 Å². The summed E-state index contributed by atoms with van der Waals surface area (Å²) >= 11 is 0. The summed E-state index contributed by atoms with van der Waals surface area (Å²) < 4.78 is 42.4. The molecule has 0 atom stereocenters. The Balaban J connectivity index is 1.86. The van der Waals surface area contributed by atoms with Crippen LogP contribution in [0.2, 0.25) is 0 Å². The number of amides is 1. The number of carbonyl (C=O) groups excluding carboxylic acids is 1. The van der Waals surface area contributed by atoms with Crippen molar-refractivity contribution in [1.29, 1.82) is 0 Å². The molecule has 0 aliphatic heterocycles. The van der Waals surface area contributed by atoms with Gasteiger partial charge >= 0.3 is 0 Å². The van der Waals surface area contributed by atoms with Crippen LogP contribution in [0.5, 0.6) is 0 Å². The van der Waals surface area contributed by atoms with Crippen LogP contribution in [-0.4, -0.2) is 30.7 Å². The van der Waals surface area contributed by atoms with Crippen molar-refractivity contribution in [1.82, 2.24) is 14.5 Å². The average Bonchev–Trinajstić information content (AvgIpc) is 3.20. The second-order valence-corrected chi connectivity index (χ2v) is 9.49. The van der Waals surface area contributed by atoms with Gasteiger partial charge in [-0.3, -0.25) is 4.79 Å². The topological polar surface area (TPSA) is 93.1 Å². The molecule has 9 heteroatoms. The normalized spacial score (nSPS) is 11.7. The van der Waals surface area contributed by atoms with Crippen LogP contribution in [0, 0.1) is 5.82 Å². The maximum Gasteiger partial charge on any atom is 0.259 e. The molecule has 0 saturated heterocycles. The number of rotatable bonds is 9. The molecule has 7 nitrogen and oxygen atoms in total. The summed E-state index contributed by atoms with van der Waals surface area (Å²) in [6, 6.07) is 12.0. The zero-order chi connectivity index (χ0) is 23.3. The number of hydrogen-bond donors (Lipinski definition) is 2. The third kappa shape index (κ3) is 5.41. The molecule has 2 N–H and O–H groups in total. The van der Waals surface area contributed by atoms with Gasteiger partial charge in [-0.05, 0) is 54.8 Å². The van der Waals surface area contributed by atoms with Gasteiger partial charge in [-0.1, -0.05) is 33.3 Å². The molecular formula is C23H27FN4O3S. The van der Waals surface area contributed by atoms with Crippen LogP contribution in [0.25, 0.3) is 5.69 Å². The Morgan fingerprint density at radius 2 is 1.88 bits per heavy atom. The zero-order valence-electron chi connectivity index (χ0n) is 18.3. The summed E-state index contributed by atoms with van der Waals surface area (Å²) in [6.07, 6.45) is 3.08. The Bertz CT molecular complexity index is 1190. The van der Waals surface area contributed by atoms with Gasteiger partial charge in [0.2, 0.25) is 10.0 Å². The van der Waals surface area contributed by atoms with Crippen molar-refractivity contribution >= 4 is 21.6 Å². The van der Waals surface area contributed by atoms with Gasteiger partial charge in [0.05, 0.1) is 28.0 Å². The maximum atomic E-state index is 13.3. The second kappa shape index (κ2) is 10.1. The number of benzene rings is 2. The van der Waals surface area contributed by atoms with Crippen molar-refractivity contribution in [3.8, 4) is 5.69 Å². The van der Waals surface area contributed by atoms with E-state index < -0.39 is 15.9 Å². The monoisotopic (exact) mass is 458 g/mol. The number of anilines is 1. The van der Waals surface area contributed by atoms with E-state index >= 15 is 0 Å². The van der Waals surface area contributed by atoms with Crippen LogP contribution in [-0.2, 0) is 10.0 Å². The average molecular weight is 459 g/mol. The second-order valence-electron chi connectivity index (χ2n) is 7.72. The molecule has 0 fully saturated rings. The molecule has 0 unspecified atom stereocenters. The van der Waals surface area contributed by atoms with Crippen molar-refractivity contribution in [2.24, 2.45) is 0 Å². The summed E-state index contributed by atoms with van der Waals surface area (Å²) in [5.41, 5.74) is 2.02. The van der Waals surface area contributed by atoms with Gasteiger partial charge in [0.25, 0.3) is 5.91 Å². The first-order valence-corrected chi connectivity index (χ1v) is 12.0. The first kappa shape index (κ1) is 23.6. The third-order valence-electron chi connectivity index (χ3n) is 4.89. The van der Waals surface area contributed by atoms with E-state index in [4.69, 9.17) is 0 Å². The smallest absolute Gasteiger partial charge is 0.259 e. The van der Waals surface area contributed by atoms with Crippen molar-refractivity contribution in [3.63, 3.8) is 0 Å². The van der Waals surface area contributed by atoms with E-state index in [0.717, 1.165) is 12.8 Å². The molecule has 1 aromatic heterocycles. The maximum absolute atomic E-state index is 13.3. The van der Waals surface area contributed by atoms with Crippen LogP contribution in [0.15, 0.2) is 59.6 Å². The first-order valence-electron chi connectivity index (χ1n) is 10.5. The fraction of sp³-hybridized carbons (Fsp3) is 0.304. The lowest BCUT2D eigenvalue weighted by Crippen LogP contribution is -2.25. The van der Waals surface area contributed by atoms with Gasteiger partial charge in [0.15, 0.2) is 0 Å². The summed E-state index contributed by atoms with van der Waals surface area (Å²) in [5.74, 6) is -0.808. The molecule has 0 saturated carbocycles. The highest BCUT2D eigenvalue weighted by Gasteiger charge is 2.22. The SMILES string of the molecule is CCCCNS(=O)(=O)c1cccc(NC(=O)c2cnn(-c3ccc(F)cc3)c2C(C)C)c1. The zero-order valence-corrected chi connectivity index (χ0v) is 19.1. The standard InChI is InChI=1S/C23H27FN4O3S/c1-4-5-13-26-32(30,31)20-8-6-7-18(14-20)27-23(29)21-15-25-28(22(21)16(2)3)19-11-9-17(24)10-12-19/h6-12,14-16,26H,4-5,13H2,1-3H3,(H,27,29). The Morgan fingerprint density at radius 3 is 2.53 bits per heavy atom. The minimum atomic E-state index is -3.66. The number of nitrogens with zero attached hydrogens (tertiary/aromatic N) is 2. The molecule has 3 aromatic rings. The highest BCUT2D eigenvalue weighted by atomic mass is 32.2. The molecule has 3 rings (SSSR count). The molecule has 0 aliphatic carbocycles. The van der Waals surface area contributed by atoms with Crippen LogP contribution < -0.4 is 10.0 Å². The number of aromatic nitrogens is 2. The van der Waals surface area contributed by atoms with Crippen molar-refractivity contribution < 1.29 is 17.6 Å². The lowest BCUT2D eigenvalue weighted by molar-refractivity contribution is 0.102. The lowest BCUT2D eigenvalue weighted by atomic mass is 10.0. The van der Waals surface area contributed by atoms with E-state index in [1.165, 1.54) is 30.5 Å². The molecule has 170 valence electrons. The molecule has 0 spiro atoms. The minimum absolute atomic E-state index is 0.0437. The summed E-state index contributed by atoms with van der Waals surface area (Å²) in [7, 11) is -3.66. The van der Waals surface area contributed by atoms with Crippen LogP contribution in [0.3, 0.4) is 0 Å². The number of nitrogens with one attached hydrogen (secondary N) is 2. The fourth-order valence-electron chi connectivity index (χ4n) is 3.28. The van der Waals surface area contributed by atoms with Gasteiger partial charge in [0, 0.05) is 12.2 Å². The van der Waals surface area contributed by atoms with Crippen LogP contribution >= 0.6 is 0 Å². The molecular weight excluding hydrogens is 431 g/mol. The van der Waals surface area contributed by atoms with Crippen LogP contribution in [0.1, 0.15) is 55.6 Å². The molecule has 1 amide bonds. The molecule has 32 heavy (non-hydrogen) atoms. The van der Waals surface area contributed by atoms with Crippen molar-refractivity contribution in [2.45, 2.75) is 44.4 Å². The Hall–Kier alpha value is -3.04. The minimum Gasteiger partial charge on any atom is -0.322 e. The van der Waals surface area contributed by atoms with Crippen molar-refractivity contribution in [2.75, 3.05) is 11.9 Å². The fourth-order valence-corrected chi connectivity index (χ4v) is 4.40. The Labute approximate surface area is 187 Å². The number of unbranched alkanes of at least 4 members (excludes halogenated alkanes) is 1. The molecule has 1 heterocycles. The van der Waals surface area contributed by atoms with Gasteiger partial charge < -0.3 is 5.32 Å². The first-order chi connectivity index (χ1) is 15.2. The predicted octanol–water partition coefficient (Wildman–Crippen LogP) is 4.47. The molecule has 2 aromatic carbocycles. The molecule has 0 radical (unpaired) electrons. The number of hydrogen-bond acceptors (Lipinski definition) is 4. The Kier molecular flexibility index (Phi) is 7.42. The largest absolute Gasteiger partial charge is 0.322 e. The number of halogens is 1. The van der Waals surface area contributed by atoms with E-state index in [0.29, 0.717) is 29.2 Å². The molecule has 0 bridgehead atoms. The highest BCUT2D eigenvalue weighted by Crippen LogP contribution is 2.25. The Morgan fingerprint density at radius 1 is 1.16 bits per heavy atom. The predicted molar refractivity (Wildman–Crippen MR) is 122 cm³/mol. The van der Waals surface area contributed by atoms with Gasteiger partial charge in [-0.25, -0.2) is 22.2 Å². The molecule has 0 aliphatic rings. The van der Waals surface area contributed by atoms with E-state index in [1.807, 2.05) is 20.8 Å². The summed E-state index contributed by atoms with van der Waals surface area (Å²) in [6.45, 7) is 6.20. The van der Waals surface area contributed by atoms with E-state index in [-0.39, 0.29) is 16.6 Å². The summed E-state index contributed by atoms with van der Waals surface area (Å²) in [4.78, 5) is 13.1. The quantitative estimate of drug-likeness (QED) is 0.463. The van der Waals surface area contributed by atoms with Gasteiger partial charge in [-0.15, -0.1) is 0 Å². The van der Waals surface area contributed by atoms with Gasteiger partial charge in [0.1, 0.15) is 5.82 Å². The van der Waals surface area contributed by atoms with Crippen LogP contribution in [0.4, 0.5) is 10.1 Å². The number of sulfonamides is 1. The van der Waals surface area contributed by atoms with Gasteiger partial charge in [-0.2, -0.15) is 5.10 Å².